The van der Waals surface area contributed by atoms with E-state index in [2.05, 4.69) is 14.8 Å². The molecule has 0 saturated carbocycles. The smallest absolute Gasteiger partial charge is 0.242 e. The lowest BCUT2D eigenvalue weighted by molar-refractivity contribution is 0.0369. The fourth-order valence-corrected chi connectivity index (χ4v) is 5.90. The van der Waals surface area contributed by atoms with Crippen molar-refractivity contribution < 1.29 is 17.9 Å². The van der Waals surface area contributed by atoms with Gasteiger partial charge in [0.15, 0.2) is 4.80 Å². The first-order chi connectivity index (χ1) is 17.4. The third-order valence-corrected chi connectivity index (χ3v) is 8.75. The van der Waals surface area contributed by atoms with Gasteiger partial charge in [0.05, 0.1) is 36.1 Å². The van der Waals surface area contributed by atoms with Crippen molar-refractivity contribution >= 4 is 27.0 Å². The maximum absolute atomic E-state index is 12.5. The molecule has 3 aromatic rings. The summed E-state index contributed by atoms with van der Waals surface area (Å²) in [4.78, 5) is 8.54. The lowest BCUT2D eigenvalue weighted by atomic mass is 10.2. The summed E-state index contributed by atoms with van der Waals surface area (Å²) in [5.41, 5.74) is 2.85. The number of ether oxygens (including phenoxy) is 2. The van der Waals surface area contributed by atoms with Crippen LogP contribution in [0.3, 0.4) is 0 Å². The Morgan fingerprint density at radius 1 is 1.03 bits per heavy atom. The van der Waals surface area contributed by atoms with E-state index in [-0.39, 0.29) is 4.90 Å². The van der Waals surface area contributed by atoms with E-state index in [1.54, 1.807) is 37.6 Å². The van der Waals surface area contributed by atoms with E-state index in [1.807, 2.05) is 43.3 Å². The van der Waals surface area contributed by atoms with Gasteiger partial charge in [-0.1, -0.05) is 12.1 Å². The van der Waals surface area contributed by atoms with Crippen LogP contribution in [-0.2, 0) is 21.3 Å². The molecule has 1 aliphatic rings. The molecule has 0 aliphatic carbocycles. The van der Waals surface area contributed by atoms with Crippen LogP contribution < -0.4 is 9.54 Å². The summed E-state index contributed by atoms with van der Waals surface area (Å²) in [5, 5.41) is 2.09. The van der Waals surface area contributed by atoms with E-state index in [0.29, 0.717) is 6.61 Å². The quantitative estimate of drug-likeness (QED) is 0.398. The van der Waals surface area contributed by atoms with Crippen molar-refractivity contribution in [3.8, 4) is 17.0 Å². The maximum Gasteiger partial charge on any atom is 0.242 e. The summed E-state index contributed by atoms with van der Waals surface area (Å²) < 4.78 is 39.5. The van der Waals surface area contributed by atoms with Crippen molar-refractivity contribution in [1.29, 1.82) is 0 Å². The summed E-state index contributed by atoms with van der Waals surface area (Å²) in [6, 6.07) is 14.9. The summed E-state index contributed by atoms with van der Waals surface area (Å²) >= 11 is 1.59. The van der Waals surface area contributed by atoms with Gasteiger partial charge in [-0.15, -0.1) is 11.3 Å². The van der Waals surface area contributed by atoms with Gasteiger partial charge in [-0.2, -0.15) is 0 Å². The van der Waals surface area contributed by atoms with E-state index >= 15 is 0 Å². The fraction of sp³-hybridized carbons (Fsp3) is 0.423. The second-order valence-corrected chi connectivity index (χ2v) is 11.7. The van der Waals surface area contributed by atoms with Crippen molar-refractivity contribution in [3.05, 3.63) is 58.7 Å². The molecule has 2 heterocycles. The lowest BCUT2D eigenvalue weighted by Gasteiger charge is -2.26. The zero-order valence-electron chi connectivity index (χ0n) is 21.1. The number of nitrogens with zero attached hydrogens (tertiary/aromatic N) is 4. The Labute approximate surface area is 217 Å². The normalized spacial score (nSPS) is 15.5. The molecule has 0 N–H and O–H groups in total. The Bertz CT molecular complexity index is 1290. The number of rotatable bonds is 10. The highest BCUT2D eigenvalue weighted by Gasteiger charge is 2.18. The molecule has 10 heteroatoms. The third kappa shape index (κ3) is 6.43. The third-order valence-electron chi connectivity index (χ3n) is 6.06. The molecule has 0 unspecified atom stereocenters. The summed E-state index contributed by atoms with van der Waals surface area (Å²) in [6.45, 7) is 7.90. The average Bonchev–Trinajstić information content (AvgIpc) is 3.28. The highest BCUT2D eigenvalue weighted by molar-refractivity contribution is 7.89. The molecular formula is C26H34N4O4S2. The molecule has 0 spiro atoms. The first-order valence-electron chi connectivity index (χ1n) is 12.2. The maximum atomic E-state index is 12.5. The number of sulfonamides is 1. The number of aromatic nitrogens is 1. The van der Waals surface area contributed by atoms with Gasteiger partial charge >= 0.3 is 0 Å². The van der Waals surface area contributed by atoms with Gasteiger partial charge in [0.1, 0.15) is 5.75 Å². The van der Waals surface area contributed by atoms with Gasteiger partial charge in [-0.25, -0.2) is 17.7 Å². The van der Waals surface area contributed by atoms with Gasteiger partial charge in [0, 0.05) is 45.7 Å². The van der Waals surface area contributed by atoms with Crippen LogP contribution in [0.5, 0.6) is 5.75 Å². The molecule has 8 nitrogen and oxygen atoms in total. The van der Waals surface area contributed by atoms with Gasteiger partial charge < -0.3 is 14.0 Å². The highest BCUT2D eigenvalue weighted by Crippen LogP contribution is 2.24. The van der Waals surface area contributed by atoms with Crippen LogP contribution in [0, 0.1) is 0 Å². The molecule has 1 aromatic heterocycles. The van der Waals surface area contributed by atoms with Crippen molar-refractivity contribution in [2.45, 2.75) is 24.8 Å². The minimum atomic E-state index is -3.47. The highest BCUT2D eigenvalue weighted by atomic mass is 32.2. The number of morpholine rings is 1. The molecule has 1 saturated heterocycles. The Balaban J connectivity index is 1.63. The van der Waals surface area contributed by atoms with E-state index in [0.717, 1.165) is 73.3 Å². The number of benzene rings is 2. The molecule has 0 radical (unpaired) electrons. The van der Waals surface area contributed by atoms with Crippen molar-refractivity contribution in [2.75, 3.05) is 53.6 Å². The average molecular weight is 531 g/mol. The molecule has 1 fully saturated rings. The van der Waals surface area contributed by atoms with E-state index < -0.39 is 10.0 Å². The SMILES string of the molecule is CCOc1ccc(N=c2scc(-c3ccc(S(=O)(=O)N(C)C)cc3)n2CCCN2CCOCC2)cc1. The fourth-order valence-electron chi connectivity index (χ4n) is 4.05. The minimum Gasteiger partial charge on any atom is -0.494 e. The molecule has 0 amide bonds. The molecule has 0 bridgehead atoms. The van der Waals surface area contributed by atoms with Crippen molar-refractivity contribution in [3.63, 3.8) is 0 Å². The van der Waals surface area contributed by atoms with Crippen LogP contribution in [0.15, 0.2) is 63.8 Å². The van der Waals surface area contributed by atoms with Gasteiger partial charge in [0.25, 0.3) is 0 Å². The van der Waals surface area contributed by atoms with Gasteiger partial charge in [-0.3, -0.25) is 4.90 Å². The molecule has 2 aromatic carbocycles. The molecule has 4 rings (SSSR count). The number of thiazole rings is 1. The minimum absolute atomic E-state index is 0.282. The molecule has 194 valence electrons. The van der Waals surface area contributed by atoms with Crippen LogP contribution in [0.1, 0.15) is 13.3 Å². The molecule has 36 heavy (non-hydrogen) atoms. The summed E-state index contributed by atoms with van der Waals surface area (Å²) in [6.07, 6.45) is 0.979. The molecule has 0 atom stereocenters. The van der Waals surface area contributed by atoms with Crippen LogP contribution in [-0.4, -0.2) is 75.7 Å². The van der Waals surface area contributed by atoms with Gasteiger partial charge in [0.2, 0.25) is 10.0 Å². The monoisotopic (exact) mass is 530 g/mol. The summed E-state index contributed by atoms with van der Waals surface area (Å²) in [5.74, 6) is 0.828. The van der Waals surface area contributed by atoms with Crippen LogP contribution >= 0.6 is 11.3 Å². The summed E-state index contributed by atoms with van der Waals surface area (Å²) in [7, 11) is -0.389. The topological polar surface area (TPSA) is 76.4 Å². The second-order valence-electron chi connectivity index (χ2n) is 8.71. The first-order valence-corrected chi connectivity index (χ1v) is 14.5. The predicted molar refractivity (Wildman–Crippen MR) is 143 cm³/mol. The van der Waals surface area contributed by atoms with Gasteiger partial charge in [-0.05, 0) is 55.3 Å². The number of hydrogen-bond donors (Lipinski definition) is 0. The van der Waals surface area contributed by atoms with Crippen LogP contribution in [0.4, 0.5) is 5.69 Å². The molecule has 1 aliphatic heterocycles. The van der Waals surface area contributed by atoms with Crippen molar-refractivity contribution in [2.24, 2.45) is 4.99 Å². The zero-order valence-corrected chi connectivity index (χ0v) is 22.7. The van der Waals surface area contributed by atoms with E-state index in [9.17, 15) is 8.42 Å². The number of hydrogen-bond acceptors (Lipinski definition) is 7. The second kappa shape index (κ2) is 12.2. The predicted octanol–water partition coefficient (Wildman–Crippen LogP) is 3.82. The van der Waals surface area contributed by atoms with E-state index in [1.165, 1.54) is 4.31 Å². The Morgan fingerprint density at radius 2 is 1.72 bits per heavy atom. The van der Waals surface area contributed by atoms with Crippen LogP contribution in [0.2, 0.25) is 0 Å². The standard InChI is InChI=1S/C26H34N4O4S2/c1-4-34-23-10-8-22(9-11-23)27-26-30(15-5-14-29-16-18-33-19-17-29)25(20-35-26)21-6-12-24(13-7-21)36(31,32)28(2)3/h6-13,20H,4-5,14-19H2,1-3H3. The van der Waals surface area contributed by atoms with Crippen LogP contribution in [0.25, 0.3) is 11.3 Å². The van der Waals surface area contributed by atoms with E-state index in [4.69, 9.17) is 14.5 Å². The molecular weight excluding hydrogens is 496 g/mol. The largest absolute Gasteiger partial charge is 0.494 e. The van der Waals surface area contributed by atoms with Crippen molar-refractivity contribution in [1.82, 2.24) is 13.8 Å². The zero-order chi connectivity index (χ0) is 25.5. The Hall–Kier alpha value is -2.50. The first kappa shape index (κ1) is 26.6. The Morgan fingerprint density at radius 3 is 2.36 bits per heavy atom. The lowest BCUT2D eigenvalue weighted by Crippen LogP contribution is -2.37. The Kier molecular flexibility index (Phi) is 8.97.